The first-order chi connectivity index (χ1) is 8.65. The fourth-order valence-corrected chi connectivity index (χ4v) is 1.63. The van der Waals surface area contributed by atoms with E-state index in [1.54, 1.807) is 12.1 Å². The molecule has 0 unspecified atom stereocenters. The third-order valence-electron chi connectivity index (χ3n) is 2.54. The Morgan fingerprint density at radius 3 is 3.06 bits per heavy atom. The molecule has 0 fully saturated rings. The van der Waals surface area contributed by atoms with Crippen LogP contribution in [0.1, 0.15) is 23.7 Å². The monoisotopic (exact) mass is 246 g/mol. The second kappa shape index (κ2) is 4.87. The molecule has 0 aliphatic heterocycles. The Labute approximate surface area is 103 Å². The van der Waals surface area contributed by atoms with E-state index in [4.69, 9.17) is 5.73 Å². The van der Waals surface area contributed by atoms with Gasteiger partial charge in [-0.2, -0.15) is 0 Å². The quantitative estimate of drug-likeness (QED) is 0.821. The number of nitrogens with zero attached hydrogens (tertiary/aromatic N) is 2. The highest BCUT2D eigenvalue weighted by Crippen LogP contribution is 2.07. The van der Waals surface area contributed by atoms with Gasteiger partial charge in [0.25, 0.3) is 11.5 Å². The molecule has 94 valence electrons. The molecule has 0 aliphatic carbocycles. The van der Waals surface area contributed by atoms with Crippen LogP contribution in [0.25, 0.3) is 5.65 Å². The number of nitrogens with two attached hydrogens (primary N) is 1. The lowest BCUT2D eigenvalue weighted by atomic mass is 10.2. The number of carbonyl (C=O) groups excluding carboxylic acids is 1. The number of aromatic nitrogens is 2. The van der Waals surface area contributed by atoms with Crippen LogP contribution in [-0.4, -0.2) is 21.8 Å². The van der Waals surface area contributed by atoms with Crippen molar-refractivity contribution in [1.29, 1.82) is 0 Å². The Morgan fingerprint density at radius 2 is 2.33 bits per heavy atom. The third-order valence-corrected chi connectivity index (χ3v) is 2.54. The lowest BCUT2D eigenvalue weighted by molar-refractivity contribution is 0.0954. The summed E-state index contributed by atoms with van der Waals surface area (Å²) in [6.45, 7) is 2.55. The second-order valence-electron chi connectivity index (χ2n) is 3.89. The molecule has 2 rings (SSSR count). The van der Waals surface area contributed by atoms with Crippen LogP contribution in [-0.2, 0) is 0 Å². The van der Waals surface area contributed by atoms with Gasteiger partial charge in [0.2, 0.25) is 0 Å². The standard InChI is InChI=1S/C12H14N4O2/c1-2-5-14-11(17)8-4-3-6-16-10(8)15-7-9(13)12(16)18/h3-4,6-7H,2,5,13H2,1H3,(H,14,17). The number of amides is 1. The Hall–Kier alpha value is -2.37. The van der Waals surface area contributed by atoms with E-state index >= 15 is 0 Å². The Balaban J connectivity index is 2.56. The predicted molar refractivity (Wildman–Crippen MR) is 68.5 cm³/mol. The fourth-order valence-electron chi connectivity index (χ4n) is 1.63. The number of fused-ring (bicyclic) bond motifs is 1. The largest absolute Gasteiger partial charge is 0.393 e. The molecule has 0 bridgehead atoms. The molecule has 6 heteroatoms. The first kappa shape index (κ1) is 12.1. The molecule has 1 amide bonds. The summed E-state index contributed by atoms with van der Waals surface area (Å²) >= 11 is 0. The highest BCUT2D eigenvalue weighted by atomic mass is 16.2. The smallest absolute Gasteiger partial charge is 0.281 e. The molecule has 6 nitrogen and oxygen atoms in total. The summed E-state index contributed by atoms with van der Waals surface area (Å²) in [7, 11) is 0. The van der Waals surface area contributed by atoms with E-state index in [-0.39, 0.29) is 17.2 Å². The van der Waals surface area contributed by atoms with Crippen molar-refractivity contribution >= 4 is 17.2 Å². The molecule has 0 atom stereocenters. The van der Waals surface area contributed by atoms with Crippen LogP contribution in [0.15, 0.2) is 29.3 Å². The maximum absolute atomic E-state index is 11.9. The minimum Gasteiger partial charge on any atom is -0.393 e. The van der Waals surface area contributed by atoms with Gasteiger partial charge in [0.1, 0.15) is 5.69 Å². The van der Waals surface area contributed by atoms with Crippen LogP contribution in [0.3, 0.4) is 0 Å². The molecule has 0 radical (unpaired) electrons. The molecule has 2 aromatic heterocycles. The van der Waals surface area contributed by atoms with Gasteiger partial charge in [-0.3, -0.25) is 14.0 Å². The topological polar surface area (TPSA) is 89.5 Å². The average Bonchev–Trinajstić information content (AvgIpc) is 2.39. The van der Waals surface area contributed by atoms with Crippen molar-refractivity contribution in [2.24, 2.45) is 0 Å². The molecule has 0 aromatic carbocycles. The van der Waals surface area contributed by atoms with E-state index in [2.05, 4.69) is 10.3 Å². The summed E-state index contributed by atoms with van der Waals surface area (Å²) in [5, 5.41) is 2.75. The van der Waals surface area contributed by atoms with Crippen molar-refractivity contribution in [2.45, 2.75) is 13.3 Å². The van der Waals surface area contributed by atoms with Crippen LogP contribution in [0.2, 0.25) is 0 Å². The van der Waals surface area contributed by atoms with E-state index in [9.17, 15) is 9.59 Å². The fraction of sp³-hybridized carbons (Fsp3) is 0.250. The molecule has 2 heterocycles. The molecule has 0 aliphatic rings. The van der Waals surface area contributed by atoms with Crippen molar-refractivity contribution in [2.75, 3.05) is 12.3 Å². The summed E-state index contributed by atoms with van der Waals surface area (Å²) < 4.78 is 1.27. The third kappa shape index (κ3) is 2.04. The summed E-state index contributed by atoms with van der Waals surface area (Å²) in [6, 6.07) is 3.25. The number of anilines is 1. The van der Waals surface area contributed by atoms with E-state index in [0.717, 1.165) is 6.42 Å². The lowest BCUT2D eigenvalue weighted by Gasteiger charge is -2.07. The summed E-state index contributed by atoms with van der Waals surface area (Å²) in [4.78, 5) is 27.7. The van der Waals surface area contributed by atoms with Crippen LogP contribution < -0.4 is 16.6 Å². The molecule has 3 N–H and O–H groups in total. The maximum atomic E-state index is 11.9. The van der Waals surface area contributed by atoms with Crippen molar-refractivity contribution in [3.63, 3.8) is 0 Å². The van der Waals surface area contributed by atoms with Crippen molar-refractivity contribution in [3.8, 4) is 0 Å². The maximum Gasteiger partial charge on any atom is 0.281 e. The number of pyridine rings is 1. The molecule has 2 aromatic rings. The first-order valence-electron chi connectivity index (χ1n) is 5.69. The number of nitrogens with one attached hydrogen (secondary N) is 1. The van der Waals surface area contributed by atoms with Gasteiger partial charge in [-0.15, -0.1) is 0 Å². The van der Waals surface area contributed by atoms with Crippen LogP contribution in [0.4, 0.5) is 5.69 Å². The van der Waals surface area contributed by atoms with E-state index in [1.807, 2.05) is 6.92 Å². The Kier molecular flexibility index (Phi) is 3.27. The molecule has 18 heavy (non-hydrogen) atoms. The molecular formula is C12H14N4O2. The number of hydrogen-bond donors (Lipinski definition) is 2. The molecular weight excluding hydrogens is 232 g/mol. The average molecular weight is 246 g/mol. The number of rotatable bonds is 3. The predicted octanol–water partition coefficient (Wildman–Crippen LogP) is 0.416. The zero-order valence-electron chi connectivity index (χ0n) is 10.0. The van der Waals surface area contributed by atoms with Gasteiger partial charge in [0.05, 0.1) is 11.8 Å². The van der Waals surface area contributed by atoms with Gasteiger partial charge in [0, 0.05) is 12.7 Å². The Morgan fingerprint density at radius 1 is 1.56 bits per heavy atom. The number of nitrogen functional groups attached to an aromatic ring is 1. The molecule has 0 spiro atoms. The van der Waals surface area contributed by atoms with Crippen LogP contribution in [0.5, 0.6) is 0 Å². The van der Waals surface area contributed by atoms with E-state index in [0.29, 0.717) is 17.8 Å². The van der Waals surface area contributed by atoms with E-state index < -0.39 is 0 Å². The van der Waals surface area contributed by atoms with Gasteiger partial charge >= 0.3 is 0 Å². The zero-order chi connectivity index (χ0) is 13.1. The second-order valence-corrected chi connectivity index (χ2v) is 3.89. The number of hydrogen-bond acceptors (Lipinski definition) is 4. The SMILES string of the molecule is CCCNC(=O)c1cccn2c(=O)c(N)cnc12. The van der Waals surface area contributed by atoms with Gasteiger partial charge in [0.15, 0.2) is 5.65 Å². The van der Waals surface area contributed by atoms with E-state index in [1.165, 1.54) is 16.8 Å². The zero-order valence-corrected chi connectivity index (χ0v) is 10.0. The number of carbonyl (C=O) groups is 1. The van der Waals surface area contributed by atoms with Crippen LogP contribution in [0, 0.1) is 0 Å². The van der Waals surface area contributed by atoms with Gasteiger partial charge in [-0.05, 0) is 18.6 Å². The van der Waals surface area contributed by atoms with Gasteiger partial charge in [-0.1, -0.05) is 6.92 Å². The minimum absolute atomic E-state index is 0.0543. The summed E-state index contributed by atoms with van der Waals surface area (Å²) in [5.74, 6) is -0.244. The summed E-state index contributed by atoms with van der Waals surface area (Å²) in [6.07, 6.45) is 3.66. The lowest BCUT2D eigenvalue weighted by Crippen LogP contribution is -2.26. The van der Waals surface area contributed by atoms with Gasteiger partial charge < -0.3 is 11.1 Å². The highest BCUT2D eigenvalue weighted by molar-refractivity contribution is 5.99. The van der Waals surface area contributed by atoms with Gasteiger partial charge in [-0.25, -0.2) is 4.98 Å². The summed E-state index contributed by atoms with van der Waals surface area (Å²) in [5.41, 5.74) is 5.85. The van der Waals surface area contributed by atoms with Crippen molar-refractivity contribution < 1.29 is 4.79 Å². The molecule has 0 saturated carbocycles. The Bertz CT molecular complexity index is 648. The van der Waals surface area contributed by atoms with Crippen molar-refractivity contribution in [3.05, 3.63) is 40.4 Å². The highest BCUT2D eigenvalue weighted by Gasteiger charge is 2.12. The van der Waals surface area contributed by atoms with Crippen LogP contribution >= 0.6 is 0 Å². The first-order valence-corrected chi connectivity index (χ1v) is 5.69. The van der Waals surface area contributed by atoms with Crippen molar-refractivity contribution in [1.82, 2.24) is 14.7 Å². The normalized spacial score (nSPS) is 10.5. The molecule has 0 saturated heterocycles. The minimum atomic E-state index is -0.370.